The van der Waals surface area contributed by atoms with Crippen molar-refractivity contribution in [1.29, 1.82) is 0 Å². The van der Waals surface area contributed by atoms with Crippen LogP contribution in [0.25, 0.3) is 0 Å². The Labute approximate surface area is 117 Å². The summed E-state index contributed by atoms with van der Waals surface area (Å²) in [5.74, 6) is 7.03. The van der Waals surface area contributed by atoms with Gasteiger partial charge >= 0.3 is 0 Å². The van der Waals surface area contributed by atoms with Crippen molar-refractivity contribution in [2.24, 2.45) is 5.92 Å². The summed E-state index contributed by atoms with van der Waals surface area (Å²) in [4.78, 5) is 0. The predicted octanol–water partition coefficient (Wildman–Crippen LogP) is 4.93. The zero-order chi connectivity index (χ0) is 13.3. The van der Waals surface area contributed by atoms with Gasteiger partial charge in [-0.3, -0.25) is 0 Å². The molecule has 1 aromatic rings. The van der Waals surface area contributed by atoms with Crippen LogP contribution in [0.15, 0.2) is 54.6 Å². The lowest BCUT2D eigenvalue weighted by Gasteiger charge is -2.08. The minimum absolute atomic E-state index is 0.308. The van der Waals surface area contributed by atoms with Crippen molar-refractivity contribution in [3.63, 3.8) is 0 Å². The fraction of sp³-hybridized carbons (Fsp3) is 0.368. The van der Waals surface area contributed by atoms with Crippen LogP contribution in [0.3, 0.4) is 0 Å². The monoisotopic (exact) mass is 250 g/mol. The van der Waals surface area contributed by atoms with Crippen LogP contribution in [0.1, 0.15) is 37.7 Å². The van der Waals surface area contributed by atoms with Gasteiger partial charge in [0, 0.05) is 5.92 Å². The van der Waals surface area contributed by atoms with E-state index in [1.165, 1.54) is 30.4 Å². The Bertz CT molecular complexity index is 482. The highest BCUT2D eigenvalue weighted by molar-refractivity contribution is 5.31. The molecule has 1 aliphatic carbocycles. The fourth-order valence-corrected chi connectivity index (χ4v) is 2.35. The van der Waals surface area contributed by atoms with Crippen LogP contribution in [0, 0.1) is 17.8 Å². The third-order valence-electron chi connectivity index (χ3n) is 3.58. The maximum atomic E-state index is 3.92. The summed E-state index contributed by atoms with van der Waals surface area (Å²) in [6.45, 7) is 3.92. The van der Waals surface area contributed by atoms with E-state index >= 15 is 0 Å². The van der Waals surface area contributed by atoms with Gasteiger partial charge in [0.2, 0.25) is 0 Å². The molecule has 1 aromatic carbocycles. The van der Waals surface area contributed by atoms with E-state index in [-0.39, 0.29) is 0 Å². The molecule has 19 heavy (non-hydrogen) atoms. The second kappa shape index (κ2) is 7.64. The Morgan fingerprint density at radius 2 is 2.05 bits per heavy atom. The molecule has 98 valence electrons. The highest BCUT2D eigenvalue weighted by Crippen LogP contribution is 2.17. The van der Waals surface area contributed by atoms with E-state index in [1.54, 1.807) is 0 Å². The van der Waals surface area contributed by atoms with E-state index in [0.717, 1.165) is 19.3 Å². The first-order valence-electron chi connectivity index (χ1n) is 7.25. The molecule has 2 rings (SSSR count). The van der Waals surface area contributed by atoms with Gasteiger partial charge < -0.3 is 0 Å². The Hall–Kier alpha value is -1.74. The minimum atomic E-state index is 0.308. The summed E-state index contributed by atoms with van der Waals surface area (Å²) >= 11 is 0. The normalized spacial score (nSPS) is 15.9. The van der Waals surface area contributed by atoms with Crippen molar-refractivity contribution in [2.45, 2.75) is 38.5 Å². The van der Waals surface area contributed by atoms with Crippen molar-refractivity contribution < 1.29 is 0 Å². The summed E-state index contributed by atoms with van der Waals surface area (Å²) < 4.78 is 0. The highest BCUT2D eigenvalue weighted by Gasteiger charge is 2.03. The summed E-state index contributed by atoms with van der Waals surface area (Å²) in [7, 11) is 0. The van der Waals surface area contributed by atoms with Gasteiger partial charge in [0.15, 0.2) is 0 Å². The first kappa shape index (κ1) is 13.7. The Balaban J connectivity index is 1.88. The summed E-state index contributed by atoms with van der Waals surface area (Å²) in [6, 6.07) is 10.6. The van der Waals surface area contributed by atoms with Crippen LogP contribution in [0.5, 0.6) is 0 Å². The minimum Gasteiger partial charge on any atom is -0.102 e. The van der Waals surface area contributed by atoms with Crippen LogP contribution in [0.2, 0.25) is 0 Å². The van der Waals surface area contributed by atoms with Crippen molar-refractivity contribution >= 4 is 0 Å². The lowest BCUT2D eigenvalue weighted by atomic mass is 9.97. The molecule has 0 aromatic heterocycles. The number of rotatable bonds is 4. The molecule has 0 bridgehead atoms. The molecular formula is C19H22. The van der Waals surface area contributed by atoms with Gasteiger partial charge in [0.05, 0.1) is 0 Å². The van der Waals surface area contributed by atoms with Crippen LogP contribution < -0.4 is 0 Å². The largest absolute Gasteiger partial charge is 0.102 e. The molecule has 1 aliphatic rings. The first-order valence-corrected chi connectivity index (χ1v) is 7.25. The van der Waals surface area contributed by atoms with Gasteiger partial charge in [-0.1, -0.05) is 54.3 Å². The number of aryl methyl sites for hydroxylation is 1. The molecule has 0 amide bonds. The Kier molecular flexibility index (Phi) is 5.50. The van der Waals surface area contributed by atoms with Gasteiger partial charge in [0.25, 0.3) is 0 Å². The lowest BCUT2D eigenvalue weighted by Crippen LogP contribution is -1.96. The number of benzene rings is 1. The van der Waals surface area contributed by atoms with Crippen molar-refractivity contribution in [2.75, 3.05) is 0 Å². The van der Waals surface area contributed by atoms with E-state index in [2.05, 4.69) is 54.8 Å². The van der Waals surface area contributed by atoms with Crippen molar-refractivity contribution in [3.05, 3.63) is 60.2 Å². The number of hydrogen-bond donors (Lipinski definition) is 0. The van der Waals surface area contributed by atoms with E-state index in [1.807, 2.05) is 6.08 Å². The van der Waals surface area contributed by atoms with Gasteiger partial charge in [-0.2, -0.15) is 0 Å². The molecule has 0 heteroatoms. The van der Waals surface area contributed by atoms with Crippen LogP contribution in [-0.4, -0.2) is 0 Å². The quantitative estimate of drug-likeness (QED) is 0.525. The molecule has 0 aliphatic heterocycles. The highest BCUT2D eigenvalue weighted by atomic mass is 14.1. The van der Waals surface area contributed by atoms with Gasteiger partial charge in [0.1, 0.15) is 0 Å². The summed E-state index contributed by atoms with van der Waals surface area (Å²) in [5.41, 5.74) is 2.71. The molecule has 0 radical (unpaired) electrons. The molecule has 0 saturated heterocycles. The Morgan fingerprint density at radius 3 is 2.74 bits per heavy atom. The number of hydrogen-bond acceptors (Lipinski definition) is 0. The van der Waals surface area contributed by atoms with E-state index in [9.17, 15) is 0 Å². The van der Waals surface area contributed by atoms with E-state index in [0.29, 0.717) is 5.92 Å². The average Bonchev–Trinajstić information content (AvgIpc) is 2.49. The van der Waals surface area contributed by atoms with Crippen LogP contribution in [-0.2, 0) is 6.42 Å². The molecule has 0 saturated carbocycles. The predicted molar refractivity (Wildman–Crippen MR) is 82.8 cm³/mol. The van der Waals surface area contributed by atoms with E-state index < -0.39 is 0 Å². The first-order chi connectivity index (χ1) is 9.38. The molecule has 0 N–H and O–H groups in total. The lowest BCUT2D eigenvalue weighted by molar-refractivity contribution is 0.712. The van der Waals surface area contributed by atoms with Crippen molar-refractivity contribution in [1.82, 2.24) is 0 Å². The molecule has 0 unspecified atom stereocenters. The van der Waals surface area contributed by atoms with Gasteiger partial charge in [-0.05, 0) is 49.7 Å². The molecule has 1 atom stereocenters. The Morgan fingerprint density at radius 1 is 1.21 bits per heavy atom. The molecular weight excluding hydrogens is 228 g/mol. The topological polar surface area (TPSA) is 0 Å². The fourth-order valence-electron chi connectivity index (χ4n) is 2.35. The van der Waals surface area contributed by atoms with Crippen LogP contribution >= 0.6 is 0 Å². The molecule has 0 nitrogen and oxygen atoms in total. The summed E-state index contributed by atoms with van der Waals surface area (Å²) in [6.07, 6.45) is 11.4. The van der Waals surface area contributed by atoms with Gasteiger partial charge in [-0.15, -0.1) is 6.58 Å². The maximum Gasteiger partial charge on any atom is 0.0386 e. The molecule has 0 spiro atoms. The maximum absolute atomic E-state index is 3.92. The third kappa shape index (κ3) is 4.79. The zero-order valence-corrected chi connectivity index (χ0v) is 11.6. The number of allylic oxidation sites excluding steroid dienone is 3. The SMILES string of the molecule is C=C[C@@H](C#CC1=CCCCC1)CCc1ccccc1. The standard InChI is InChI=1S/C19H22/c1-2-17(13-15-18-9-5-3-6-10-18)14-16-19-11-7-4-8-12-19/h2-3,5-6,9-11,17H,1,4,7-8,12-13,15H2/t17-/m1/s1. The van der Waals surface area contributed by atoms with Gasteiger partial charge in [-0.25, -0.2) is 0 Å². The zero-order valence-electron chi connectivity index (χ0n) is 11.6. The molecule has 0 heterocycles. The average molecular weight is 250 g/mol. The van der Waals surface area contributed by atoms with E-state index in [4.69, 9.17) is 0 Å². The third-order valence-corrected chi connectivity index (χ3v) is 3.58. The van der Waals surface area contributed by atoms with Crippen molar-refractivity contribution in [3.8, 4) is 11.8 Å². The second-order valence-corrected chi connectivity index (χ2v) is 5.11. The molecule has 0 fully saturated rings. The van der Waals surface area contributed by atoms with Crippen LogP contribution in [0.4, 0.5) is 0 Å². The summed E-state index contributed by atoms with van der Waals surface area (Å²) in [5, 5.41) is 0. The smallest absolute Gasteiger partial charge is 0.0386 e. The second-order valence-electron chi connectivity index (χ2n) is 5.11.